The van der Waals surface area contributed by atoms with Gasteiger partial charge in [0.1, 0.15) is 11.6 Å². The Balaban J connectivity index is 1.63. The fraction of sp³-hybridized carbons (Fsp3) is 0.875. The van der Waals surface area contributed by atoms with Gasteiger partial charge in [0, 0.05) is 25.7 Å². The normalized spacial score (nSPS) is 60.2. The van der Waals surface area contributed by atoms with Crippen LogP contribution >= 0.6 is 0 Å². The predicted molar refractivity (Wildman–Crippen MR) is 65.6 cm³/mol. The van der Waals surface area contributed by atoms with E-state index in [-0.39, 0.29) is 0 Å². The summed E-state index contributed by atoms with van der Waals surface area (Å²) >= 11 is 0. The zero-order valence-electron chi connectivity index (χ0n) is 10.7. The van der Waals surface area contributed by atoms with Crippen LogP contribution in [0.2, 0.25) is 0 Å². The molecule has 0 N–H and O–H groups in total. The molecule has 5 aliphatic carbocycles. The van der Waals surface area contributed by atoms with Crippen LogP contribution in [0.15, 0.2) is 0 Å². The summed E-state index contributed by atoms with van der Waals surface area (Å²) in [6.07, 6.45) is 5.76. The Labute approximate surface area is 108 Å². The highest BCUT2D eigenvalue weighted by Crippen LogP contribution is 2.73. The number of Topliss-reactive ketones (excluding diaryl/α,β-unsaturated/α-hetero) is 2. The summed E-state index contributed by atoms with van der Waals surface area (Å²) in [7, 11) is 0. The topological polar surface area (TPSA) is 34.1 Å². The number of hydrogen-bond donors (Lipinski definition) is 0. The van der Waals surface area contributed by atoms with Crippen LogP contribution in [-0.2, 0) is 9.59 Å². The highest BCUT2D eigenvalue weighted by molar-refractivity contribution is 5.81. The van der Waals surface area contributed by atoms with Gasteiger partial charge in [-0.15, -0.1) is 0 Å². The van der Waals surface area contributed by atoms with Crippen LogP contribution in [0.4, 0.5) is 0 Å². The second-order valence-electron chi connectivity index (χ2n) is 7.71. The predicted octanol–water partition coefficient (Wildman–Crippen LogP) is 2.46. The van der Waals surface area contributed by atoms with Gasteiger partial charge in [0.25, 0.3) is 0 Å². The van der Waals surface area contributed by atoms with Crippen LogP contribution in [0.3, 0.4) is 0 Å². The minimum atomic E-state index is 0.533. The van der Waals surface area contributed by atoms with Crippen molar-refractivity contribution in [3.8, 4) is 0 Å². The first-order valence-corrected chi connectivity index (χ1v) is 7.76. The van der Waals surface area contributed by atoms with Crippen LogP contribution < -0.4 is 0 Å². The van der Waals surface area contributed by atoms with E-state index in [2.05, 4.69) is 0 Å². The van der Waals surface area contributed by atoms with Crippen LogP contribution in [0, 0.1) is 47.3 Å². The summed E-state index contributed by atoms with van der Waals surface area (Å²) in [5.41, 5.74) is 0. The summed E-state index contributed by atoms with van der Waals surface area (Å²) < 4.78 is 0. The van der Waals surface area contributed by atoms with Crippen molar-refractivity contribution in [2.24, 2.45) is 47.3 Å². The van der Waals surface area contributed by atoms with Gasteiger partial charge in [-0.1, -0.05) is 0 Å². The molecule has 96 valence electrons. The minimum absolute atomic E-state index is 0.533. The van der Waals surface area contributed by atoms with Gasteiger partial charge < -0.3 is 0 Å². The molecule has 0 aromatic rings. The third-order valence-electron chi connectivity index (χ3n) is 7.13. The lowest BCUT2D eigenvalue weighted by molar-refractivity contribution is -0.120. The first-order chi connectivity index (χ1) is 8.72. The third-order valence-corrected chi connectivity index (χ3v) is 7.13. The highest BCUT2D eigenvalue weighted by atomic mass is 16.1. The molecule has 0 bridgehead atoms. The fourth-order valence-electron chi connectivity index (χ4n) is 7.02. The van der Waals surface area contributed by atoms with Crippen molar-refractivity contribution in [2.75, 3.05) is 0 Å². The van der Waals surface area contributed by atoms with Gasteiger partial charge in [-0.25, -0.2) is 0 Å². The molecule has 0 heterocycles. The van der Waals surface area contributed by atoms with E-state index in [1.807, 2.05) is 0 Å². The lowest BCUT2D eigenvalue weighted by Crippen LogP contribution is -2.48. The number of carbonyl (C=O) groups is 2. The van der Waals surface area contributed by atoms with E-state index in [1.54, 1.807) is 0 Å². The van der Waals surface area contributed by atoms with E-state index < -0.39 is 0 Å². The largest absolute Gasteiger partial charge is 0.300 e. The maximum absolute atomic E-state index is 12.1. The molecule has 0 radical (unpaired) electrons. The van der Waals surface area contributed by atoms with E-state index >= 15 is 0 Å². The van der Waals surface area contributed by atoms with Gasteiger partial charge >= 0.3 is 0 Å². The van der Waals surface area contributed by atoms with Crippen molar-refractivity contribution in [3.63, 3.8) is 0 Å². The first-order valence-electron chi connectivity index (χ1n) is 7.76. The van der Waals surface area contributed by atoms with Crippen molar-refractivity contribution in [1.29, 1.82) is 0 Å². The minimum Gasteiger partial charge on any atom is -0.300 e. The molecule has 4 atom stereocenters. The maximum atomic E-state index is 12.1. The van der Waals surface area contributed by atoms with Crippen molar-refractivity contribution in [1.82, 2.24) is 0 Å². The Bertz CT molecular complexity index is 368. The lowest BCUT2D eigenvalue weighted by atomic mass is 9.53. The maximum Gasteiger partial charge on any atom is 0.133 e. The van der Waals surface area contributed by atoms with Gasteiger partial charge in [0.05, 0.1) is 0 Å². The van der Waals surface area contributed by atoms with Crippen LogP contribution in [0.5, 0.6) is 0 Å². The highest BCUT2D eigenvalue weighted by Gasteiger charge is 2.68. The van der Waals surface area contributed by atoms with Crippen molar-refractivity contribution in [3.05, 3.63) is 0 Å². The molecule has 5 saturated carbocycles. The standard InChI is InChI=1S/C16H20O2/c17-11-3-7-1-8-4-12(18)6-10-2-9(5-11)15-13(7)14(8)16(10)15/h7-10,13-16H,1-6H2. The molecule has 0 aromatic heterocycles. The zero-order valence-corrected chi connectivity index (χ0v) is 10.7. The number of hydrogen-bond acceptors (Lipinski definition) is 2. The molecule has 4 unspecified atom stereocenters. The van der Waals surface area contributed by atoms with Gasteiger partial charge in [0.15, 0.2) is 0 Å². The molecule has 0 amide bonds. The Hall–Kier alpha value is -0.660. The summed E-state index contributed by atoms with van der Waals surface area (Å²) in [5.74, 6) is 7.05. The van der Waals surface area contributed by atoms with Crippen LogP contribution in [0.25, 0.3) is 0 Å². The van der Waals surface area contributed by atoms with Gasteiger partial charge in [-0.3, -0.25) is 9.59 Å². The second kappa shape index (κ2) is 3.08. The first kappa shape index (κ1) is 10.2. The molecule has 5 aliphatic rings. The van der Waals surface area contributed by atoms with Gasteiger partial charge in [-0.2, -0.15) is 0 Å². The Morgan fingerprint density at radius 2 is 0.833 bits per heavy atom. The molecule has 5 fully saturated rings. The molecule has 18 heavy (non-hydrogen) atoms. The summed E-state index contributed by atoms with van der Waals surface area (Å²) in [6.45, 7) is 0. The average Bonchev–Trinajstić information content (AvgIpc) is 2.56. The van der Waals surface area contributed by atoms with Crippen LogP contribution in [0.1, 0.15) is 38.5 Å². The lowest BCUT2D eigenvalue weighted by Gasteiger charge is -2.51. The van der Waals surface area contributed by atoms with E-state index in [0.717, 1.165) is 49.4 Å². The van der Waals surface area contributed by atoms with Crippen molar-refractivity contribution >= 4 is 11.6 Å². The number of carbonyl (C=O) groups excluding carboxylic acids is 2. The molecule has 5 rings (SSSR count). The smallest absolute Gasteiger partial charge is 0.133 e. The van der Waals surface area contributed by atoms with E-state index in [0.29, 0.717) is 35.2 Å². The molecule has 0 aliphatic heterocycles. The number of rotatable bonds is 0. The average molecular weight is 244 g/mol. The monoisotopic (exact) mass is 244 g/mol. The van der Waals surface area contributed by atoms with Crippen molar-refractivity contribution in [2.45, 2.75) is 38.5 Å². The SMILES string of the molecule is O=C1CC2CC3CC(=O)CC4CC(C1)C1C2C3C41. The quantitative estimate of drug-likeness (QED) is 0.656. The molecular formula is C16H20O2. The van der Waals surface area contributed by atoms with E-state index in [9.17, 15) is 9.59 Å². The van der Waals surface area contributed by atoms with E-state index in [4.69, 9.17) is 0 Å². The molecule has 0 saturated heterocycles. The van der Waals surface area contributed by atoms with Gasteiger partial charge in [-0.05, 0) is 60.2 Å². The summed E-state index contributed by atoms with van der Waals surface area (Å²) in [5, 5.41) is 0. The molecular weight excluding hydrogens is 224 g/mol. The van der Waals surface area contributed by atoms with Crippen LogP contribution in [-0.4, -0.2) is 11.6 Å². The number of ketones is 2. The molecule has 2 heteroatoms. The van der Waals surface area contributed by atoms with Crippen molar-refractivity contribution < 1.29 is 9.59 Å². The Morgan fingerprint density at radius 3 is 1.11 bits per heavy atom. The fourth-order valence-corrected chi connectivity index (χ4v) is 7.02. The summed E-state index contributed by atoms with van der Waals surface area (Å²) in [4.78, 5) is 24.2. The third kappa shape index (κ3) is 1.03. The Morgan fingerprint density at radius 1 is 0.556 bits per heavy atom. The van der Waals surface area contributed by atoms with E-state index in [1.165, 1.54) is 12.8 Å². The zero-order chi connectivity index (χ0) is 12.0. The molecule has 0 spiro atoms. The molecule has 0 aromatic carbocycles. The molecule has 2 nitrogen and oxygen atoms in total. The second-order valence-corrected chi connectivity index (χ2v) is 7.71. The summed E-state index contributed by atoms with van der Waals surface area (Å²) in [6, 6.07) is 0. The van der Waals surface area contributed by atoms with Gasteiger partial charge in [0.2, 0.25) is 0 Å². The Kier molecular flexibility index (Phi) is 1.74.